The Bertz CT molecular complexity index is 346. The highest BCUT2D eigenvalue weighted by Gasteiger charge is 2.42. The lowest BCUT2D eigenvalue weighted by molar-refractivity contribution is -0.183. The van der Waals surface area contributed by atoms with Crippen molar-refractivity contribution < 1.29 is 18.0 Å². The number of hydrogen-bond acceptors (Lipinski definition) is 2. The van der Waals surface area contributed by atoms with Gasteiger partial charge in [-0.15, -0.1) is 0 Å². The van der Waals surface area contributed by atoms with Gasteiger partial charge in [-0.05, 0) is 32.6 Å². The summed E-state index contributed by atoms with van der Waals surface area (Å²) in [7, 11) is 0. The third-order valence-corrected chi connectivity index (χ3v) is 4.32. The number of alkyl halides is 3. The van der Waals surface area contributed by atoms with Crippen LogP contribution >= 0.6 is 0 Å². The Labute approximate surface area is 117 Å². The van der Waals surface area contributed by atoms with E-state index in [0.717, 1.165) is 19.4 Å². The molecule has 3 nitrogen and oxygen atoms in total. The second-order valence-electron chi connectivity index (χ2n) is 6.11. The molecule has 1 amide bonds. The van der Waals surface area contributed by atoms with Crippen LogP contribution in [0.2, 0.25) is 0 Å². The minimum Gasteiger partial charge on any atom is -0.341 e. The molecule has 2 rings (SSSR count). The first kappa shape index (κ1) is 15.6. The number of halogens is 3. The van der Waals surface area contributed by atoms with Gasteiger partial charge in [-0.1, -0.05) is 6.42 Å². The quantitative estimate of drug-likeness (QED) is 0.864. The Morgan fingerprint density at radius 2 is 2.10 bits per heavy atom. The van der Waals surface area contributed by atoms with Crippen LogP contribution in [0.15, 0.2) is 0 Å². The van der Waals surface area contributed by atoms with Crippen LogP contribution in [0.5, 0.6) is 0 Å². The number of nitrogens with zero attached hydrogens (tertiary/aromatic N) is 1. The predicted octanol–water partition coefficient (Wildman–Crippen LogP) is 2.71. The maximum absolute atomic E-state index is 12.8. The molecular formula is C14H23F3N2O. The predicted molar refractivity (Wildman–Crippen MR) is 70.2 cm³/mol. The summed E-state index contributed by atoms with van der Waals surface area (Å²) in [6.45, 7) is 3.33. The zero-order chi connectivity index (χ0) is 14.8. The van der Waals surface area contributed by atoms with Gasteiger partial charge >= 0.3 is 6.18 Å². The Morgan fingerprint density at radius 3 is 2.70 bits per heavy atom. The molecule has 1 N–H and O–H groups in total. The largest absolute Gasteiger partial charge is 0.391 e. The van der Waals surface area contributed by atoms with Crippen molar-refractivity contribution in [1.29, 1.82) is 0 Å². The molecule has 0 aromatic heterocycles. The van der Waals surface area contributed by atoms with Crippen molar-refractivity contribution in [2.24, 2.45) is 5.92 Å². The number of hydrogen-bond donors (Lipinski definition) is 1. The van der Waals surface area contributed by atoms with Gasteiger partial charge in [0.15, 0.2) is 0 Å². The van der Waals surface area contributed by atoms with E-state index in [9.17, 15) is 18.0 Å². The van der Waals surface area contributed by atoms with Crippen molar-refractivity contribution >= 4 is 5.91 Å². The van der Waals surface area contributed by atoms with Gasteiger partial charge in [0, 0.05) is 31.6 Å². The topological polar surface area (TPSA) is 32.3 Å². The van der Waals surface area contributed by atoms with E-state index in [1.165, 1.54) is 0 Å². The van der Waals surface area contributed by atoms with E-state index in [4.69, 9.17) is 0 Å². The van der Waals surface area contributed by atoms with Gasteiger partial charge in [-0.3, -0.25) is 4.79 Å². The molecule has 1 aliphatic heterocycles. The molecular weight excluding hydrogens is 269 g/mol. The second-order valence-corrected chi connectivity index (χ2v) is 6.11. The molecule has 0 radical (unpaired) electrons. The van der Waals surface area contributed by atoms with Crippen LogP contribution in [0.1, 0.15) is 45.4 Å². The van der Waals surface area contributed by atoms with Crippen LogP contribution in [0, 0.1) is 5.92 Å². The van der Waals surface area contributed by atoms with E-state index in [1.807, 2.05) is 11.8 Å². The van der Waals surface area contributed by atoms with Gasteiger partial charge < -0.3 is 10.2 Å². The van der Waals surface area contributed by atoms with E-state index in [1.54, 1.807) is 0 Å². The van der Waals surface area contributed by atoms with Crippen LogP contribution in [0.3, 0.4) is 0 Å². The van der Waals surface area contributed by atoms with Crippen LogP contribution in [0.4, 0.5) is 13.2 Å². The summed E-state index contributed by atoms with van der Waals surface area (Å²) in [5.74, 6) is -1.01. The molecule has 1 saturated carbocycles. The molecule has 20 heavy (non-hydrogen) atoms. The van der Waals surface area contributed by atoms with Crippen molar-refractivity contribution in [1.82, 2.24) is 10.2 Å². The van der Waals surface area contributed by atoms with Crippen molar-refractivity contribution in [3.8, 4) is 0 Å². The Balaban J connectivity index is 1.78. The molecule has 1 saturated heterocycles. The van der Waals surface area contributed by atoms with Crippen LogP contribution in [-0.2, 0) is 4.79 Å². The molecule has 2 aliphatic rings. The lowest BCUT2D eigenvalue weighted by Gasteiger charge is -2.33. The molecule has 2 fully saturated rings. The van der Waals surface area contributed by atoms with Crippen molar-refractivity contribution in [3.05, 3.63) is 0 Å². The first-order valence-electron chi connectivity index (χ1n) is 7.47. The molecule has 1 heterocycles. The molecule has 3 atom stereocenters. The van der Waals surface area contributed by atoms with Crippen LogP contribution < -0.4 is 5.32 Å². The molecule has 3 unspecified atom stereocenters. The van der Waals surface area contributed by atoms with E-state index in [2.05, 4.69) is 5.32 Å². The summed E-state index contributed by atoms with van der Waals surface area (Å²) < 4.78 is 38.3. The number of carbonyl (C=O) groups is 1. The molecule has 0 aromatic rings. The minimum atomic E-state index is -4.07. The number of rotatable bonds is 4. The molecule has 0 bridgehead atoms. The third kappa shape index (κ3) is 4.11. The smallest absolute Gasteiger partial charge is 0.341 e. The second kappa shape index (κ2) is 6.33. The lowest BCUT2D eigenvalue weighted by Crippen LogP contribution is -2.47. The molecule has 1 aliphatic carbocycles. The van der Waals surface area contributed by atoms with Crippen molar-refractivity contribution in [2.75, 3.05) is 13.1 Å². The highest BCUT2D eigenvalue weighted by molar-refractivity contribution is 5.78. The van der Waals surface area contributed by atoms with Gasteiger partial charge in [0.1, 0.15) is 0 Å². The number of amides is 1. The summed E-state index contributed by atoms with van der Waals surface area (Å²) in [6.07, 6.45) is -0.740. The first-order chi connectivity index (χ1) is 9.36. The fourth-order valence-electron chi connectivity index (χ4n) is 3.32. The summed E-state index contributed by atoms with van der Waals surface area (Å²) >= 11 is 0. The standard InChI is InChI=1S/C14H23F3N2O/c1-10(9-19-7-3-6-13(19)20)18-12-5-2-4-11(8-12)14(15,16)17/h10-12,18H,2-9H2,1H3. The highest BCUT2D eigenvalue weighted by Crippen LogP contribution is 2.37. The average molecular weight is 292 g/mol. The molecule has 0 spiro atoms. The molecule has 0 aromatic carbocycles. The number of carbonyl (C=O) groups excluding carboxylic acids is 1. The zero-order valence-corrected chi connectivity index (χ0v) is 11.9. The van der Waals surface area contributed by atoms with E-state index < -0.39 is 12.1 Å². The van der Waals surface area contributed by atoms with Gasteiger partial charge in [0.2, 0.25) is 5.91 Å². The third-order valence-electron chi connectivity index (χ3n) is 4.32. The fraction of sp³-hybridized carbons (Fsp3) is 0.929. The van der Waals surface area contributed by atoms with Gasteiger partial charge in [0.05, 0.1) is 5.92 Å². The SMILES string of the molecule is CC(CN1CCCC1=O)NC1CCCC(C(F)(F)F)C1. The highest BCUT2D eigenvalue weighted by atomic mass is 19.4. The van der Waals surface area contributed by atoms with E-state index in [0.29, 0.717) is 19.4 Å². The van der Waals surface area contributed by atoms with E-state index >= 15 is 0 Å². The molecule has 6 heteroatoms. The fourth-order valence-corrected chi connectivity index (χ4v) is 3.32. The number of likely N-dealkylation sites (tertiary alicyclic amines) is 1. The lowest BCUT2D eigenvalue weighted by atomic mass is 9.85. The Kier molecular flexibility index (Phi) is 4.94. The first-order valence-corrected chi connectivity index (χ1v) is 7.47. The number of nitrogens with one attached hydrogen (secondary N) is 1. The van der Waals surface area contributed by atoms with Gasteiger partial charge in [-0.2, -0.15) is 13.2 Å². The Morgan fingerprint density at radius 1 is 1.35 bits per heavy atom. The average Bonchev–Trinajstić information content (AvgIpc) is 2.74. The Hall–Kier alpha value is -0.780. The minimum absolute atomic E-state index is 0.0500. The zero-order valence-electron chi connectivity index (χ0n) is 11.9. The summed E-state index contributed by atoms with van der Waals surface area (Å²) in [5, 5.41) is 3.27. The monoisotopic (exact) mass is 292 g/mol. The normalized spacial score (nSPS) is 29.8. The maximum atomic E-state index is 12.8. The van der Waals surface area contributed by atoms with Crippen LogP contribution in [0.25, 0.3) is 0 Å². The van der Waals surface area contributed by atoms with Crippen molar-refractivity contribution in [2.45, 2.75) is 63.7 Å². The van der Waals surface area contributed by atoms with Gasteiger partial charge in [-0.25, -0.2) is 0 Å². The summed E-state index contributed by atoms with van der Waals surface area (Å²) in [4.78, 5) is 13.3. The van der Waals surface area contributed by atoms with Crippen LogP contribution in [-0.4, -0.2) is 42.2 Å². The van der Waals surface area contributed by atoms with Crippen molar-refractivity contribution in [3.63, 3.8) is 0 Å². The summed E-state index contributed by atoms with van der Waals surface area (Å²) in [5.41, 5.74) is 0. The summed E-state index contributed by atoms with van der Waals surface area (Å²) in [6, 6.07) is -0.0305. The maximum Gasteiger partial charge on any atom is 0.391 e. The van der Waals surface area contributed by atoms with E-state index in [-0.39, 0.29) is 30.8 Å². The molecule has 116 valence electrons. The van der Waals surface area contributed by atoms with Gasteiger partial charge in [0.25, 0.3) is 0 Å².